The van der Waals surface area contributed by atoms with Gasteiger partial charge in [-0.25, -0.2) is 19.6 Å². The highest BCUT2D eigenvalue weighted by atomic mass is 15.4. The van der Waals surface area contributed by atoms with Crippen molar-refractivity contribution < 1.29 is 0 Å². The number of pyridine rings is 1. The molecular weight excluding hydrogens is 218 g/mol. The van der Waals surface area contributed by atoms with Gasteiger partial charge in [-0.1, -0.05) is 0 Å². The van der Waals surface area contributed by atoms with Gasteiger partial charge in [-0.3, -0.25) is 4.98 Å². The van der Waals surface area contributed by atoms with Crippen molar-refractivity contribution in [3.05, 3.63) is 36.7 Å². The van der Waals surface area contributed by atoms with Crippen LogP contribution in [-0.2, 0) is 6.54 Å². The van der Waals surface area contributed by atoms with Gasteiger partial charge >= 0.3 is 0 Å². The fourth-order valence-corrected chi connectivity index (χ4v) is 1.47. The predicted octanol–water partition coefficient (Wildman–Crippen LogP) is 0.0642. The van der Waals surface area contributed by atoms with Gasteiger partial charge in [-0.05, 0) is 12.1 Å². The molecule has 0 spiro atoms. The van der Waals surface area contributed by atoms with Gasteiger partial charge in [0, 0.05) is 12.4 Å². The Hall–Kier alpha value is -2.41. The van der Waals surface area contributed by atoms with Gasteiger partial charge in [-0.2, -0.15) is 0 Å². The molecule has 2 N–H and O–H groups in total. The van der Waals surface area contributed by atoms with Crippen molar-refractivity contribution >= 4 is 11.2 Å². The fourth-order valence-electron chi connectivity index (χ4n) is 1.47. The highest BCUT2D eigenvalue weighted by Gasteiger charge is 2.04. The van der Waals surface area contributed by atoms with Crippen LogP contribution in [0.5, 0.6) is 0 Å². The lowest BCUT2D eigenvalue weighted by Crippen LogP contribution is -2.02. The molecule has 7 nitrogen and oxygen atoms in total. The third kappa shape index (κ3) is 1.72. The number of aromatic nitrogens is 6. The van der Waals surface area contributed by atoms with Crippen molar-refractivity contribution in [3.8, 4) is 5.82 Å². The van der Waals surface area contributed by atoms with E-state index in [0.29, 0.717) is 23.8 Å². The van der Waals surface area contributed by atoms with Gasteiger partial charge in [0.25, 0.3) is 0 Å². The van der Waals surface area contributed by atoms with Crippen LogP contribution in [0.3, 0.4) is 0 Å². The normalized spacial score (nSPS) is 10.9. The van der Waals surface area contributed by atoms with Crippen LogP contribution in [0.25, 0.3) is 17.0 Å². The molecule has 0 amide bonds. The Morgan fingerprint density at radius 1 is 1.12 bits per heavy atom. The second kappa shape index (κ2) is 3.87. The number of nitrogens with two attached hydrogens (primary N) is 1. The van der Waals surface area contributed by atoms with E-state index in [1.165, 1.54) is 0 Å². The Kier molecular flexibility index (Phi) is 2.23. The number of rotatable bonds is 2. The molecular formula is C10H9N7. The molecule has 0 fully saturated rings. The molecule has 3 aromatic heterocycles. The molecule has 0 bridgehead atoms. The molecule has 3 rings (SSSR count). The zero-order valence-corrected chi connectivity index (χ0v) is 8.85. The van der Waals surface area contributed by atoms with Crippen LogP contribution in [0.2, 0.25) is 0 Å². The van der Waals surface area contributed by atoms with Crippen LogP contribution in [0, 0.1) is 0 Å². The Morgan fingerprint density at radius 3 is 2.82 bits per heavy atom. The number of hydrogen-bond acceptors (Lipinski definition) is 6. The molecule has 7 heteroatoms. The second-order valence-electron chi connectivity index (χ2n) is 3.38. The average molecular weight is 227 g/mol. The predicted molar refractivity (Wildman–Crippen MR) is 60.1 cm³/mol. The minimum atomic E-state index is 0.306. The van der Waals surface area contributed by atoms with Gasteiger partial charge in [0.1, 0.15) is 11.8 Å². The molecule has 0 aliphatic rings. The summed E-state index contributed by atoms with van der Waals surface area (Å²) in [6.07, 6.45) is 4.81. The monoisotopic (exact) mass is 227 g/mol. The molecule has 0 saturated heterocycles. The molecule has 0 aliphatic heterocycles. The first-order valence-electron chi connectivity index (χ1n) is 5.05. The summed E-state index contributed by atoms with van der Waals surface area (Å²) >= 11 is 0. The summed E-state index contributed by atoms with van der Waals surface area (Å²) < 4.78 is 1.57. The highest BCUT2D eigenvalue weighted by molar-refractivity contribution is 5.69. The second-order valence-corrected chi connectivity index (χ2v) is 3.38. The summed E-state index contributed by atoms with van der Waals surface area (Å²) in [6, 6.07) is 3.65. The molecule has 0 unspecified atom stereocenters. The number of hydrogen-bond donors (Lipinski definition) is 1. The SMILES string of the molecule is NCc1ncn(-c2ccc3nccnc3n2)n1. The van der Waals surface area contributed by atoms with Crippen molar-refractivity contribution in [2.75, 3.05) is 0 Å². The molecule has 0 atom stereocenters. The molecule has 0 aromatic carbocycles. The minimum Gasteiger partial charge on any atom is -0.324 e. The quantitative estimate of drug-likeness (QED) is 0.665. The Labute approximate surface area is 96.4 Å². The lowest BCUT2D eigenvalue weighted by Gasteiger charge is -2.00. The molecule has 0 aliphatic carbocycles. The van der Waals surface area contributed by atoms with Crippen LogP contribution < -0.4 is 5.73 Å². The third-order valence-corrected chi connectivity index (χ3v) is 2.27. The van der Waals surface area contributed by atoms with Crippen molar-refractivity contribution in [3.63, 3.8) is 0 Å². The third-order valence-electron chi connectivity index (χ3n) is 2.27. The minimum absolute atomic E-state index is 0.306. The van der Waals surface area contributed by atoms with Crippen LogP contribution in [0.1, 0.15) is 5.82 Å². The van der Waals surface area contributed by atoms with E-state index < -0.39 is 0 Å². The maximum Gasteiger partial charge on any atom is 0.180 e. The van der Waals surface area contributed by atoms with Gasteiger partial charge in [0.2, 0.25) is 0 Å². The maximum absolute atomic E-state index is 5.45. The van der Waals surface area contributed by atoms with E-state index in [2.05, 4.69) is 25.0 Å². The van der Waals surface area contributed by atoms with Crippen molar-refractivity contribution in [2.24, 2.45) is 5.73 Å². The van der Waals surface area contributed by atoms with Crippen LogP contribution in [0.15, 0.2) is 30.9 Å². The Balaban J connectivity index is 2.11. The van der Waals surface area contributed by atoms with Gasteiger partial charge in [0.15, 0.2) is 17.3 Å². The standard InChI is InChI=1S/C10H9N7/c11-5-8-14-6-17(16-8)9-2-1-7-10(15-9)13-4-3-12-7/h1-4,6H,5,11H2. The summed E-state index contributed by atoms with van der Waals surface area (Å²) in [5.74, 6) is 1.22. The Morgan fingerprint density at radius 2 is 2.00 bits per heavy atom. The maximum atomic E-state index is 5.45. The molecule has 0 radical (unpaired) electrons. The zero-order valence-electron chi connectivity index (χ0n) is 8.85. The Bertz CT molecular complexity index is 660. The first kappa shape index (κ1) is 9.79. The zero-order chi connectivity index (χ0) is 11.7. The number of nitrogens with zero attached hydrogens (tertiary/aromatic N) is 6. The van der Waals surface area contributed by atoms with Crippen molar-refractivity contribution in [1.29, 1.82) is 0 Å². The van der Waals surface area contributed by atoms with Crippen LogP contribution in [-0.4, -0.2) is 29.7 Å². The molecule has 3 aromatic rings. The molecule has 0 saturated carbocycles. The summed E-state index contributed by atoms with van der Waals surface area (Å²) in [5, 5.41) is 4.18. The molecule has 17 heavy (non-hydrogen) atoms. The highest BCUT2D eigenvalue weighted by Crippen LogP contribution is 2.09. The van der Waals surface area contributed by atoms with E-state index in [-0.39, 0.29) is 0 Å². The number of fused-ring (bicyclic) bond motifs is 1. The lowest BCUT2D eigenvalue weighted by molar-refractivity contribution is 0.811. The summed E-state index contributed by atoms with van der Waals surface area (Å²) in [7, 11) is 0. The van der Waals surface area contributed by atoms with Crippen LogP contribution in [0.4, 0.5) is 0 Å². The van der Waals surface area contributed by atoms with E-state index in [9.17, 15) is 0 Å². The largest absolute Gasteiger partial charge is 0.324 e. The van der Waals surface area contributed by atoms with E-state index in [1.807, 2.05) is 12.1 Å². The van der Waals surface area contributed by atoms with Gasteiger partial charge in [0.05, 0.1) is 6.54 Å². The van der Waals surface area contributed by atoms with E-state index in [0.717, 1.165) is 5.52 Å². The van der Waals surface area contributed by atoms with E-state index in [1.54, 1.807) is 23.4 Å². The average Bonchev–Trinajstić information content (AvgIpc) is 2.87. The van der Waals surface area contributed by atoms with E-state index >= 15 is 0 Å². The summed E-state index contributed by atoms with van der Waals surface area (Å²) in [4.78, 5) is 16.7. The first-order chi connectivity index (χ1) is 8.36. The summed E-state index contributed by atoms with van der Waals surface area (Å²) in [6.45, 7) is 0.306. The lowest BCUT2D eigenvalue weighted by atomic mass is 10.4. The smallest absolute Gasteiger partial charge is 0.180 e. The van der Waals surface area contributed by atoms with Crippen molar-refractivity contribution in [2.45, 2.75) is 6.54 Å². The van der Waals surface area contributed by atoms with E-state index in [4.69, 9.17) is 5.73 Å². The van der Waals surface area contributed by atoms with Crippen LogP contribution >= 0.6 is 0 Å². The van der Waals surface area contributed by atoms with Gasteiger partial charge in [-0.15, -0.1) is 5.10 Å². The summed E-state index contributed by atoms with van der Waals surface area (Å²) in [5.41, 5.74) is 6.77. The fraction of sp³-hybridized carbons (Fsp3) is 0.100. The topological polar surface area (TPSA) is 95.4 Å². The van der Waals surface area contributed by atoms with Crippen molar-refractivity contribution in [1.82, 2.24) is 29.7 Å². The molecule has 84 valence electrons. The van der Waals surface area contributed by atoms with Gasteiger partial charge < -0.3 is 5.73 Å². The molecule has 3 heterocycles. The first-order valence-corrected chi connectivity index (χ1v) is 5.05.